The second-order valence-corrected chi connectivity index (χ2v) is 7.92. The minimum absolute atomic E-state index is 0.0294. The summed E-state index contributed by atoms with van der Waals surface area (Å²) in [6.07, 6.45) is 3.95. The van der Waals surface area contributed by atoms with Crippen molar-refractivity contribution in [3.05, 3.63) is 33.0 Å². The van der Waals surface area contributed by atoms with Gasteiger partial charge in [0.1, 0.15) is 16.6 Å². The van der Waals surface area contributed by atoms with Gasteiger partial charge in [0.2, 0.25) is 0 Å². The second-order valence-electron chi connectivity index (χ2n) is 6.81. The zero-order valence-electron chi connectivity index (χ0n) is 15.5. The van der Waals surface area contributed by atoms with Gasteiger partial charge in [-0.25, -0.2) is 4.79 Å². The number of carbonyl (C=O) groups excluding carboxylic acids is 2. The summed E-state index contributed by atoms with van der Waals surface area (Å²) in [6.45, 7) is 4.98. The molecule has 2 aromatic rings. The van der Waals surface area contributed by atoms with E-state index in [-0.39, 0.29) is 11.5 Å². The molecule has 0 unspecified atom stereocenters. The van der Waals surface area contributed by atoms with Gasteiger partial charge in [0, 0.05) is 10.8 Å². The van der Waals surface area contributed by atoms with Crippen molar-refractivity contribution in [1.29, 1.82) is 5.26 Å². The van der Waals surface area contributed by atoms with E-state index < -0.39 is 18.5 Å². The van der Waals surface area contributed by atoms with Crippen LogP contribution in [-0.2, 0) is 22.4 Å². The number of hydrogen-bond acceptors (Lipinski definition) is 7. The van der Waals surface area contributed by atoms with Gasteiger partial charge in [-0.1, -0.05) is 19.0 Å². The van der Waals surface area contributed by atoms with Crippen LogP contribution in [0.4, 0.5) is 5.00 Å². The van der Waals surface area contributed by atoms with Crippen LogP contribution in [0, 0.1) is 18.3 Å². The predicted molar refractivity (Wildman–Crippen MR) is 99.9 cm³/mol. The lowest BCUT2D eigenvalue weighted by molar-refractivity contribution is -0.119. The highest BCUT2D eigenvalue weighted by molar-refractivity contribution is 7.16. The predicted octanol–water partition coefficient (Wildman–Crippen LogP) is 3.71. The molecule has 0 bridgehead atoms. The SMILES string of the molecule is Cc1noc(C(C)C)c1C(=O)OCC(=O)Nc1sc2c(c1C#N)CCCC2. The van der Waals surface area contributed by atoms with E-state index in [0.29, 0.717) is 22.0 Å². The topological polar surface area (TPSA) is 105 Å². The second kappa shape index (κ2) is 7.92. The number of amides is 1. The average molecular weight is 387 g/mol. The van der Waals surface area contributed by atoms with Crippen molar-refractivity contribution in [3.8, 4) is 6.07 Å². The molecule has 3 rings (SSSR count). The van der Waals surface area contributed by atoms with Crippen LogP contribution in [0.15, 0.2) is 4.52 Å². The number of nitriles is 1. The van der Waals surface area contributed by atoms with Crippen LogP contribution in [0.2, 0.25) is 0 Å². The van der Waals surface area contributed by atoms with Crippen LogP contribution in [0.1, 0.15) is 70.4 Å². The highest BCUT2D eigenvalue weighted by Crippen LogP contribution is 2.37. The van der Waals surface area contributed by atoms with E-state index in [2.05, 4.69) is 16.5 Å². The largest absolute Gasteiger partial charge is 0.452 e. The Bertz CT molecular complexity index is 920. The molecule has 0 aromatic carbocycles. The van der Waals surface area contributed by atoms with Crippen molar-refractivity contribution in [3.63, 3.8) is 0 Å². The lowest BCUT2D eigenvalue weighted by Gasteiger charge is -2.09. The van der Waals surface area contributed by atoms with E-state index >= 15 is 0 Å². The van der Waals surface area contributed by atoms with Crippen molar-refractivity contribution in [2.24, 2.45) is 0 Å². The van der Waals surface area contributed by atoms with Crippen molar-refractivity contribution < 1.29 is 18.8 Å². The summed E-state index contributed by atoms with van der Waals surface area (Å²) in [7, 11) is 0. The van der Waals surface area contributed by atoms with E-state index in [0.717, 1.165) is 36.1 Å². The normalized spacial score (nSPS) is 13.1. The molecular formula is C19H21N3O4S. The maximum atomic E-state index is 12.3. The first-order valence-electron chi connectivity index (χ1n) is 8.90. The summed E-state index contributed by atoms with van der Waals surface area (Å²) in [5.41, 5.74) is 2.28. The molecule has 0 fully saturated rings. The molecule has 1 aliphatic carbocycles. The molecule has 1 amide bonds. The fourth-order valence-corrected chi connectivity index (χ4v) is 4.42. The smallest absolute Gasteiger partial charge is 0.344 e. The molecule has 0 atom stereocenters. The number of thiophene rings is 1. The maximum Gasteiger partial charge on any atom is 0.344 e. The zero-order chi connectivity index (χ0) is 19.6. The molecule has 7 nitrogen and oxygen atoms in total. The first kappa shape index (κ1) is 19.1. The summed E-state index contributed by atoms with van der Waals surface area (Å²) >= 11 is 1.44. The Kier molecular flexibility index (Phi) is 5.61. The molecule has 1 N–H and O–H groups in total. The summed E-state index contributed by atoms with van der Waals surface area (Å²) in [4.78, 5) is 25.7. The molecule has 0 saturated heterocycles. The van der Waals surface area contributed by atoms with E-state index in [1.165, 1.54) is 11.3 Å². The number of rotatable bonds is 5. The lowest BCUT2D eigenvalue weighted by Crippen LogP contribution is -2.21. The van der Waals surface area contributed by atoms with Gasteiger partial charge in [-0.15, -0.1) is 11.3 Å². The Morgan fingerprint density at radius 2 is 2.11 bits per heavy atom. The van der Waals surface area contributed by atoms with Crippen LogP contribution in [0.5, 0.6) is 0 Å². The van der Waals surface area contributed by atoms with Crippen molar-refractivity contribution >= 4 is 28.2 Å². The number of aromatic nitrogens is 1. The Morgan fingerprint density at radius 1 is 1.37 bits per heavy atom. The number of anilines is 1. The molecule has 0 spiro atoms. The van der Waals surface area contributed by atoms with Crippen LogP contribution < -0.4 is 5.32 Å². The summed E-state index contributed by atoms with van der Waals surface area (Å²) in [5.74, 6) is -0.703. The first-order chi connectivity index (χ1) is 12.9. The molecule has 27 heavy (non-hydrogen) atoms. The fourth-order valence-electron chi connectivity index (χ4n) is 3.17. The van der Waals surface area contributed by atoms with E-state index in [1.54, 1.807) is 6.92 Å². The molecule has 2 heterocycles. The molecule has 8 heteroatoms. The van der Waals surface area contributed by atoms with Crippen molar-refractivity contribution in [1.82, 2.24) is 5.16 Å². The van der Waals surface area contributed by atoms with Crippen LogP contribution in [0.25, 0.3) is 0 Å². The number of hydrogen-bond donors (Lipinski definition) is 1. The number of carbonyl (C=O) groups is 2. The van der Waals surface area contributed by atoms with Gasteiger partial charge in [-0.3, -0.25) is 4.79 Å². The quantitative estimate of drug-likeness (QED) is 0.784. The fraction of sp³-hybridized carbons (Fsp3) is 0.474. The monoisotopic (exact) mass is 387 g/mol. The van der Waals surface area contributed by atoms with Crippen molar-refractivity contribution in [2.75, 3.05) is 11.9 Å². The van der Waals surface area contributed by atoms with Gasteiger partial charge in [0.05, 0.1) is 11.3 Å². The number of esters is 1. The highest BCUT2D eigenvalue weighted by atomic mass is 32.1. The zero-order valence-corrected chi connectivity index (χ0v) is 16.4. The van der Waals surface area contributed by atoms with Crippen LogP contribution >= 0.6 is 11.3 Å². The molecular weight excluding hydrogens is 366 g/mol. The Hall–Kier alpha value is -2.66. The average Bonchev–Trinajstić information content (AvgIpc) is 3.19. The summed E-state index contributed by atoms with van der Waals surface area (Å²) in [6, 6.07) is 2.19. The van der Waals surface area contributed by atoms with Gasteiger partial charge < -0.3 is 14.6 Å². The Morgan fingerprint density at radius 3 is 2.81 bits per heavy atom. The Labute approximate surface area is 161 Å². The van der Waals surface area contributed by atoms with Crippen LogP contribution in [-0.4, -0.2) is 23.6 Å². The third-order valence-corrected chi connectivity index (χ3v) is 5.70. The van der Waals surface area contributed by atoms with Crippen molar-refractivity contribution in [2.45, 2.75) is 52.4 Å². The number of fused-ring (bicyclic) bond motifs is 1. The number of nitrogens with zero attached hydrogens (tertiary/aromatic N) is 2. The maximum absolute atomic E-state index is 12.3. The Balaban J connectivity index is 1.66. The third kappa shape index (κ3) is 3.88. The van der Waals surface area contributed by atoms with E-state index in [4.69, 9.17) is 9.26 Å². The number of aryl methyl sites for hydroxylation is 2. The number of nitrogens with one attached hydrogen (secondary N) is 1. The molecule has 0 radical (unpaired) electrons. The summed E-state index contributed by atoms with van der Waals surface area (Å²) in [5, 5.41) is 16.5. The first-order valence-corrected chi connectivity index (χ1v) is 9.71. The van der Waals surface area contributed by atoms with Gasteiger partial charge in [0.25, 0.3) is 5.91 Å². The van der Waals surface area contributed by atoms with Crippen LogP contribution in [0.3, 0.4) is 0 Å². The standard InChI is InChI=1S/C19H21N3O4S/c1-10(2)17-16(11(3)22-26-17)19(24)25-9-15(23)21-18-13(8-20)12-6-4-5-7-14(12)27-18/h10H,4-7,9H2,1-3H3,(H,21,23). The van der Waals surface area contributed by atoms with Gasteiger partial charge >= 0.3 is 5.97 Å². The van der Waals surface area contributed by atoms with Gasteiger partial charge in [-0.2, -0.15) is 5.26 Å². The minimum atomic E-state index is -0.640. The lowest BCUT2D eigenvalue weighted by atomic mass is 9.96. The number of ether oxygens (including phenoxy) is 1. The van der Waals surface area contributed by atoms with Gasteiger partial charge in [-0.05, 0) is 38.2 Å². The third-order valence-electron chi connectivity index (χ3n) is 4.49. The molecule has 0 aliphatic heterocycles. The molecule has 0 saturated carbocycles. The summed E-state index contributed by atoms with van der Waals surface area (Å²) < 4.78 is 10.3. The minimum Gasteiger partial charge on any atom is -0.452 e. The van der Waals surface area contributed by atoms with E-state index in [1.807, 2.05) is 13.8 Å². The molecule has 142 valence electrons. The van der Waals surface area contributed by atoms with E-state index in [9.17, 15) is 14.9 Å². The van der Waals surface area contributed by atoms with Gasteiger partial charge in [0.15, 0.2) is 12.4 Å². The highest BCUT2D eigenvalue weighted by Gasteiger charge is 2.25. The molecule has 1 aliphatic rings. The molecule has 2 aromatic heterocycles.